The standard InChI is InChI=1S/C21H24N6O3/c1-25-20(28)7-4-16(23-25)21(29)26-10-8-14(9-11-26)13-30-19-6-5-18-22-17(15-2-3-15)12-27(18)24-19/h4-7,12,14-15H,2-3,8-11,13H2,1H3. The summed E-state index contributed by atoms with van der Waals surface area (Å²) in [5, 5.41) is 8.58. The molecule has 0 bridgehead atoms. The van der Waals surface area contributed by atoms with Crippen molar-refractivity contribution in [3.63, 3.8) is 0 Å². The summed E-state index contributed by atoms with van der Waals surface area (Å²) in [7, 11) is 1.55. The van der Waals surface area contributed by atoms with Crippen LogP contribution in [0.4, 0.5) is 0 Å². The van der Waals surface area contributed by atoms with Gasteiger partial charge in [-0.3, -0.25) is 9.59 Å². The summed E-state index contributed by atoms with van der Waals surface area (Å²) in [5.41, 5.74) is 2.04. The van der Waals surface area contributed by atoms with Gasteiger partial charge in [-0.05, 0) is 43.7 Å². The molecule has 0 spiro atoms. The Balaban J connectivity index is 1.15. The lowest BCUT2D eigenvalue weighted by molar-refractivity contribution is 0.0650. The summed E-state index contributed by atoms with van der Waals surface area (Å²) in [5.74, 6) is 1.42. The molecule has 0 atom stereocenters. The van der Waals surface area contributed by atoms with Crippen LogP contribution in [0.5, 0.6) is 5.88 Å². The van der Waals surface area contributed by atoms with Crippen molar-refractivity contribution in [1.29, 1.82) is 0 Å². The Bertz CT molecular complexity index is 1140. The van der Waals surface area contributed by atoms with E-state index < -0.39 is 0 Å². The predicted molar refractivity (Wildman–Crippen MR) is 109 cm³/mol. The average molecular weight is 408 g/mol. The van der Waals surface area contributed by atoms with Crippen molar-refractivity contribution in [1.82, 2.24) is 29.3 Å². The lowest BCUT2D eigenvalue weighted by Gasteiger charge is -2.31. The molecule has 4 heterocycles. The molecule has 0 N–H and O–H groups in total. The first-order chi connectivity index (χ1) is 14.6. The number of fused-ring (bicyclic) bond motifs is 1. The summed E-state index contributed by atoms with van der Waals surface area (Å²) < 4.78 is 8.92. The van der Waals surface area contributed by atoms with Crippen LogP contribution in [-0.4, -0.2) is 54.9 Å². The molecular weight excluding hydrogens is 384 g/mol. The number of aromatic nitrogens is 5. The number of piperidine rings is 1. The van der Waals surface area contributed by atoms with Crippen LogP contribution >= 0.6 is 0 Å². The predicted octanol–water partition coefficient (Wildman–Crippen LogP) is 1.63. The number of nitrogens with zero attached hydrogens (tertiary/aromatic N) is 6. The van der Waals surface area contributed by atoms with Crippen LogP contribution in [0.15, 0.2) is 35.3 Å². The summed E-state index contributed by atoms with van der Waals surface area (Å²) in [4.78, 5) is 30.5. The molecule has 1 amide bonds. The number of ether oxygens (including phenoxy) is 1. The minimum Gasteiger partial charge on any atom is -0.476 e. The molecule has 3 aromatic rings. The van der Waals surface area contributed by atoms with Crippen LogP contribution in [0.2, 0.25) is 0 Å². The van der Waals surface area contributed by atoms with E-state index in [1.807, 2.05) is 18.3 Å². The van der Waals surface area contributed by atoms with Crippen LogP contribution in [0.25, 0.3) is 5.65 Å². The van der Waals surface area contributed by atoms with Gasteiger partial charge in [0, 0.05) is 38.2 Å². The summed E-state index contributed by atoms with van der Waals surface area (Å²) in [6.07, 6.45) is 6.14. The Morgan fingerprint density at radius 2 is 1.90 bits per heavy atom. The first-order valence-electron chi connectivity index (χ1n) is 10.4. The molecule has 0 radical (unpaired) electrons. The number of amides is 1. The molecule has 3 aromatic heterocycles. The van der Waals surface area contributed by atoms with Gasteiger partial charge in [0.25, 0.3) is 11.5 Å². The van der Waals surface area contributed by atoms with E-state index >= 15 is 0 Å². The van der Waals surface area contributed by atoms with Gasteiger partial charge < -0.3 is 9.64 Å². The van der Waals surface area contributed by atoms with E-state index in [4.69, 9.17) is 4.74 Å². The van der Waals surface area contributed by atoms with Gasteiger partial charge in [-0.1, -0.05) is 0 Å². The molecule has 30 heavy (non-hydrogen) atoms. The third-order valence-corrected chi connectivity index (χ3v) is 5.86. The molecule has 9 heteroatoms. The molecule has 9 nitrogen and oxygen atoms in total. The lowest BCUT2D eigenvalue weighted by atomic mass is 9.97. The molecule has 156 valence electrons. The van der Waals surface area contributed by atoms with Gasteiger partial charge in [-0.2, -0.15) is 5.10 Å². The third-order valence-electron chi connectivity index (χ3n) is 5.86. The molecule has 1 aliphatic heterocycles. The second-order valence-corrected chi connectivity index (χ2v) is 8.14. The number of aryl methyl sites for hydroxylation is 1. The number of rotatable bonds is 5. The van der Waals surface area contributed by atoms with E-state index in [2.05, 4.69) is 15.2 Å². The fourth-order valence-electron chi connectivity index (χ4n) is 3.82. The topological polar surface area (TPSA) is 94.6 Å². The van der Waals surface area contributed by atoms with E-state index in [-0.39, 0.29) is 11.5 Å². The molecule has 1 saturated carbocycles. The van der Waals surface area contributed by atoms with Gasteiger partial charge in [-0.15, -0.1) is 5.10 Å². The molecule has 1 aliphatic carbocycles. The zero-order chi connectivity index (χ0) is 20.7. The van der Waals surface area contributed by atoms with Crippen molar-refractivity contribution in [3.8, 4) is 5.88 Å². The first-order valence-corrected chi connectivity index (χ1v) is 10.4. The first kappa shape index (κ1) is 18.8. The third kappa shape index (κ3) is 3.79. The van der Waals surface area contributed by atoms with Gasteiger partial charge in [0.2, 0.25) is 5.88 Å². The van der Waals surface area contributed by atoms with E-state index in [0.717, 1.165) is 24.2 Å². The van der Waals surface area contributed by atoms with Gasteiger partial charge in [0.05, 0.1) is 18.5 Å². The molecular formula is C21H24N6O3. The molecule has 0 aromatic carbocycles. The zero-order valence-electron chi connectivity index (χ0n) is 16.9. The highest BCUT2D eigenvalue weighted by molar-refractivity contribution is 5.92. The van der Waals surface area contributed by atoms with Crippen molar-refractivity contribution in [3.05, 3.63) is 52.2 Å². The minimum absolute atomic E-state index is 0.135. The van der Waals surface area contributed by atoms with Crippen molar-refractivity contribution in [2.75, 3.05) is 19.7 Å². The smallest absolute Gasteiger partial charge is 0.274 e. The second-order valence-electron chi connectivity index (χ2n) is 8.14. The Labute approximate surface area is 173 Å². The molecule has 5 rings (SSSR count). The van der Waals surface area contributed by atoms with Crippen LogP contribution in [0.1, 0.15) is 47.8 Å². The van der Waals surface area contributed by atoms with E-state index in [1.54, 1.807) is 16.5 Å². The number of hydrogen-bond acceptors (Lipinski definition) is 6. The second kappa shape index (κ2) is 7.55. The minimum atomic E-state index is -0.228. The maximum atomic E-state index is 12.6. The van der Waals surface area contributed by atoms with Gasteiger partial charge in [0.1, 0.15) is 5.69 Å². The number of carbonyl (C=O) groups is 1. The van der Waals surface area contributed by atoms with E-state index in [9.17, 15) is 9.59 Å². The lowest BCUT2D eigenvalue weighted by Crippen LogP contribution is -2.40. The summed E-state index contributed by atoms with van der Waals surface area (Å²) in [6, 6.07) is 6.67. The number of hydrogen-bond donors (Lipinski definition) is 0. The van der Waals surface area contributed by atoms with Crippen LogP contribution < -0.4 is 10.3 Å². The highest BCUT2D eigenvalue weighted by Crippen LogP contribution is 2.39. The monoisotopic (exact) mass is 408 g/mol. The van der Waals surface area contributed by atoms with E-state index in [0.29, 0.717) is 43.1 Å². The normalized spacial score (nSPS) is 17.4. The Kier molecular flexibility index (Phi) is 4.72. The quantitative estimate of drug-likeness (QED) is 0.637. The Morgan fingerprint density at radius 1 is 1.10 bits per heavy atom. The number of likely N-dealkylation sites (tertiary alicyclic amines) is 1. The van der Waals surface area contributed by atoms with Crippen molar-refractivity contribution >= 4 is 11.6 Å². The van der Waals surface area contributed by atoms with Crippen molar-refractivity contribution in [2.45, 2.75) is 31.6 Å². The number of carbonyl (C=O) groups excluding carboxylic acids is 1. The maximum Gasteiger partial charge on any atom is 0.274 e. The zero-order valence-corrected chi connectivity index (χ0v) is 16.9. The van der Waals surface area contributed by atoms with Gasteiger partial charge in [-0.25, -0.2) is 14.2 Å². The Morgan fingerprint density at radius 3 is 2.63 bits per heavy atom. The summed E-state index contributed by atoms with van der Waals surface area (Å²) >= 11 is 0. The van der Waals surface area contributed by atoms with Crippen LogP contribution in [0, 0.1) is 5.92 Å². The molecule has 1 saturated heterocycles. The van der Waals surface area contributed by atoms with E-state index in [1.165, 1.54) is 29.7 Å². The van der Waals surface area contributed by atoms with Crippen molar-refractivity contribution < 1.29 is 9.53 Å². The summed E-state index contributed by atoms with van der Waals surface area (Å²) in [6.45, 7) is 1.87. The van der Waals surface area contributed by atoms with Gasteiger partial charge in [0.15, 0.2) is 5.65 Å². The fraction of sp³-hybridized carbons (Fsp3) is 0.476. The molecule has 0 unspecified atom stereocenters. The van der Waals surface area contributed by atoms with Crippen molar-refractivity contribution in [2.24, 2.45) is 13.0 Å². The maximum absolute atomic E-state index is 12.6. The Hall–Kier alpha value is -3.23. The fourth-order valence-corrected chi connectivity index (χ4v) is 3.82. The SMILES string of the molecule is Cn1nc(C(=O)N2CCC(COc3ccc4nc(C5CC5)cn4n3)CC2)ccc1=O. The molecule has 2 aliphatic rings. The van der Waals surface area contributed by atoms with Crippen LogP contribution in [-0.2, 0) is 7.05 Å². The van der Waals surface area contributed by atoms with Gasteiger partial charge >= 0.3 is 0 Å². The number of imidazole rings is 1. The highest BCUT2D eigenvalue weighted by atomic mass is 16.5. The molecule has 2 fully saturated rings. The largest absolute Gasteiger partial charge is 0.476 e. The van der Waals surface area contributed by atoms with Crippen LogP contribution in [0.3, 0.4) is 0 Å². The highest BCUT2D eigenvalue weighted by Gasteiger charge is 2.27. The average Bonchev–Trinajstić information content (AvgIpc) is 3.53.